The second kappa shape index (κ2) is 5.90. The molecule has 2 aromatic carbocycles. The Morgan fingerprint density at radius 3 is 1.74 bits per heavy atom. The zero-order chi connectivity index (χ0) is 19.3. The highest BCUT2D eigenvalue weighted by molar-refractivity contribution is 6.01. The van der Waals surface area contributed by atoms with Gasteiger partial charge in [-0.2, -0.15) is 13.8 Å². The van der Waals surface area contributed by atoms with E-state index in [1.807, 2.05) is 0 Å². The lowest BCUT2D eigenvalue weighted by Gasteiger charge is -2.30. The number of hydrogen-bond donors (Lipinski definition) is 0. The number of benzene rings is 2. The van der Waals surface area contributed by atoms with Crippen molar-refractivity contribution < 1.29 is 27.1 Å². The average Bonchev–Trinajstić information content (AvgIpc) is 2.98. The maximum absolute atomic E-state index is 14.8. The van der Waals surface area contributed by atoms with Crippen molar-refractivity contribution in [1.82, 2.24) is 4.98 Å². The highest BCUT2D eigenvalue weighted by Crippen LogP contribution is 2.54. The molecule has 27 heavy (non-hydrogen) atoms. The van der Waals surface area contributed by atoms with Crippen LogP contribution in [0.3, 0.4) is 0 Å². The summed E-state index contributed by atoms with van der Waals surface area (Å²) in [6.45, 7) is 0. The van der Waals surface area contributed by atoms with E-state index in [1.165, 1.54) is 12.1 Å². The molecular weight excluding hydrogens is 362 g/mol. The normalized spacial score (nSPS) is 13.8. The molecule has 0 radical (unpaired) electrons. The molecule has 0 unspecified atom stereocenters. The zero-order valence-electron chi connectivity index (χ0n) is 13.9. The summed E-state index contributed by atoms with van der Waals surface area (Å²) in [4.78, 5) is 15.6. The summed E-state index contributed by atoms with van der Waals surface area (Å²) >= 11 is 0. The van der Waals surface area contributed by atoms with Crippen LogP contribution in [0.2, 0.25) is 0 Å². The van der Waals surface area contributed by atoms with Crippen LogP contribution in [0, 0.1) is 23.5 Å². The van der Waals surface area contributed by atoms with E-state index in [4.69, 9.17) is 4.74 Å². The van der Waals surface area contributed by atoms with Crippen molar-refractivity contribution >= 4 is 5.97 Å². The molecule has 0 fully saturated rings. The Balaban J connectivity index is 2.26. The van der Waals surface area contributed by atoms with Gasteiger partial charge in [0.15, 0.2) is 11.6 Å². The molecule has 0 bridgehead atoms. The quantitative estimate of drug-likeness (QED) is 0.385. The van der Waals surface area contributed by atoms with Gasteiger partial charge in [0.25, 0.3) is 11.9 Å². The molecule has 0 aliphatic heterocycles. The number of esters is 1. The number of rotatable bonds is 2. The van der Waals surface area contributed by atoms with Crippen LogP contribution in [0.1, 0.15) is 16.7 Å². The van der Waals surface area contributed by atoms with Gasteiger partial charge in [0.05, 0.1) is 12.7 Å². The van der Waals surface area contributed by atoms with Gasteiger partial charge in [0, 0.05) is 0 Å². The minimum absolute atomic E-state index is 0.167. The smallest absolute Gasteiger partial charge is 0.325 e. The van der Waals surface area contributed by atoms with E-state index in [1.54, 1.807) is 36.4 Å². The molecule has 1 aliphatic rings. The average molecular weight is 373 g/mol. The van der Waals surface area contributed by atoms with Crippen LogP contribution in [0.4, 0.5) is 17.6 Å². The van der Waals surface area contributed by atoms with Gasteiger partial charge in [-0.1, -0.05) is 48.5 Å². The highest BCUT2D eigenvalue weighted by atomic mass is 19.2. The minimum Gasteiger partial charge on any atom is -0.468 e. The molecule has 0 amide bonds. The Kier molecular flexibility index (Phi) is 3.76. The number of hydrogen-bond acceptors (Lipinski definition) is 3. The molecule has 1 aliphatic carbocycles. The number of halogens is 4. The third-order valence-electron chi connectivity index (χ3n) is 4.82. The fourth-order valence-electron chi connectivity index (χ4n) is 3.80. The number of carbonyl (C=O) groups is 1. The largest absolute Gasteiger partial charge is 0.468 e. The molecule has 0 saturated heterocycles. The van der Waals surface area contributed by atoms with Crippen molar-refractivity contribution in [2.24, 2.45) is 0 Å². The van der Waals surface area contributed by atoms with E-state index in [2.05, 4.69) is 4.98 Å². The standard InChI is InChI=1S/C20H11F4NO2/c1-27-19(26)20(14-15(21)17(23)25-18(24)16(14)22)12-8-4-2-6-10(12)11-7-3-5-9-13(11)20/h2-9H,1H3. The predicted octanol–water partition coefficient (Wildman–Crippen LogP) is 4.13. The Hall–Kier alpha value is -3.22. The molecule has 136 valence electrons. The SMILES string of the molecule is COC(=O)C1(c2c(F)c(F)nc(F)c2F)c2ccccc2-c2ccccc21. The molecule has 3 aromatic rings. The molecule has 1 heterocycles. The van der Waals surface area contributed by atoms with Crippen LogP contribution in [-0.4, -0.2) is 18.1 Å². The van der Waals surface area contributed by atoms with Crippen molar-refractivity contribution in [3.63, 3.8) is 0 Å². The van der Waals surface area contributed by atoms with Gasteiger partial charge in [-0.25, -0.2) is 8.78 Å². The Labute approximate surface area is 151 Å². The molecule has 3 nitrogen and oxygen atoms in total. The van der Waals surface area contributed by atoms with Crippen molar-refractivity contribution in [2.75, 3.05) is 7.11 Å². The van der Waals surface area contributed by atoms with Gasteiger partial charge < -0.3 is 4.74 Å². The summed E-state index contributed by atoms with van der Waals surface area (Å²) in [5.74, 6) is -8.23. The van der Waals surface area contributed by atoms with E-state index in [0.29, 0.717) is 11.1 Å². The predicted molar refractivity (Wildman–Crippen MR) is 87.8 cm³/mol. The lowest BCUT2D eigenvalue weighted by molar-refractivity contribution is -0.144. The van der Waals surface area contributed by atoms with Crippen molar-refractivity contribution in [3.05, 3.63) is 88.8 Å². The fraction of sp³-hybridized carbons (Fsp3) is 0.100. The summed E-state index contributed by atoms with van der Waals surface area (Å²) in [5.41, 5.74) is -1.94. The first-order chi connectivity index (χ1) is 12.9. The number of carbonyl (C=O) groups excluding carboxylic acids is 1. The maximum Gasteiger partial charge on any atom is 0.325 e. The number of nitrogens with zero attached hydrogens (tertiary/aromatic N) is 1. The molecule has 0 spiro atoms. The first-order valence-electron chi connectivity index (χ1n) is 7.92. The Bertz CT molecular complexity index is 1030. The van der Waals surface area contributed by atoms with Gasteiger partial charge in [-0.15, -0.1) is 0 Å². The van der Waals surface area contributed by atoms with Gasteiger partial charge in [0.2, 0.25) is 0 Å². The number of ether oxygens (including phenoxy) is 1. The Morgan fingerprint density at radius 2 is 1.30 bits per heavy atom. The molecule has 1 aromatic heterocycles. The van der Waals surface area contributed by atoms with Crippen molar-refractivity contribution in [3.8, 4) is 11.1 Å². The van der Waals surface area contributed by atoms with Crippen LogP contribution in [0.5, 0.6) is 0 Å². The Morgan fingerprint density at radius 1 is 0.852 bits per heavy atom. The van der Waals surface area contributed by atoms with Gasteiger partial charge in [-0.05, 0) is 22.3 Å². The molecule has 0 atom stereocenters. The van der Waals surface area contributed by atoms with Crippen LogP contribution in [0.25, 0.3) is 11.1 Å². The third-order valence-corrected chi connectivity index (χ3v) is 4.82. The van der Waals surface area contributed by atoms with Gasteiger partial charge in [-0.3, -0.25) is 4.79 Å². The summed E-state index contributed by atoms with van der Waals surface area (Å²) < 4.78 is 62.2. The lowest BCUT2D eigenvalue weighted by Crippen LogP contribution is -2.40. The van der Waals surface area contributed by atoms with E-state index in [-0.39, 0.29) is 11.1 Å². The first kappa shape index (κ1) is 17.2. The van der Waals surface area contributed by atoms with Gasteiger partial charge in [0.1, 0.15) is 5.41 Å². The van der Waals surface area contributed by atoms with E-state index in [0.717, 1.165) is 7.11 Å². The molecule has 0 saturated carbocycles. The van der Waals surface area contributed by atoms with Crippen LogP contribution >= 0.6 is 0 Å². The monoisotopic (exact) mass is 373 g/mol. The summed E-state index contributed by atoms with van der Waals surface area (Å²) in [6, 6.07) is 12.7. The van der Waals surface area contributed by atoms with Crippen LogP contribution in [-0.2, 0) is 14.9 Å². The number of aromatic nitrogens is 1. The number of pyridine rings is 1. The summed E-state index contributed by atoms with van der Waals surface area (Å²) in [5, 5.41) is 0. The van der Waals surface area contributed by atoms with Crippen molar-refractivity contribution in [2.45, 2.75) is 5.41 Å². The minimum atomic E-state index is -2.21. The maximum atomic E-state index is 14.8. The van der Waals surface area contributed by atoms with Crippen molar-refractivity contribution in [1.29, 1.82) is 0 Å². The lowest BCUT2D eigenvalue weighted by atomic mass is 9.72. The first-order valence-corrected chi connectivity index (χ1v) is 7.92. The van der Waals surface area contributed by atoms with Crippen LogP contribution in [0.15, 0.2) is 48.5 Å². The second-order valence-corrected chi connectivity index (χ2v) is 6.03. The topological polar surface area (TPSA) is 39.2 Å². The molecule has 0 N–H and O–H groups in total. The van der Waals surface area contributed by atoms with Gasteiger partial charge >= 0.3 is 5.97 Å². The summed E-state index contributed by atoms with van der Waals surface area (Å²) in [7, 11) is 1.04. The number of methoxy groups -OCH3 is 1. The van der Waals surface area contributed by atoms with E-state index < -0.39 is 40.5 Å². The molecule has 7 heteroatoms. The molecule has 4 rings (SSSR count). The van der Waals surface area contributed by atoms with E-state index in [9.17, 15) is 22.4 Å². The fourth-order valence-corrected chi connectivity index (χ4v) is 3.80. The van der Waals surface area contributed by atoms with Crippen LogP contribution < -0.4 is 0 Å². The second-order valence-electron chi connectivity index (χ2n) is 6.03. The third kappa shape index (κ3) is 2.08. The highest BCUT2D eigenvalue weighted by Gasteiger charge is 2.55. The van der Waals surface area contributed by atoms with E-state index >= 15 is 0 Å². The summed E-state index contributed by atoms with van der Waals surface area (Å²) in [6.07, 6.45) is 0. The zero-order valence-corrected chi connectivity index (χ0v) is 13.9. The molecular formula is C20H11F4NO2. The number of fused-ring (bicyclic) bond motifs is 3.